The van der Waals surface area contributed by atoms with E-state index in [0.717, 1.165) is 49.0 Å². The van der Waals surface area contributed by atoms with Crippen molar-refractivity contribution >= 4 is 55.0 Å². The quantitative estimate of drug-likeness (QED) is 0.189. The van der Waals surface area contributed by atoms with E-state index in [1.807, 2.05) is 18.2 Å². The molecule has 0 spiro atoms. The van der Waals surface area contributed by atoms with Crippen molar-refractivity contribution in [2.45, 2.75) is 58.3 Å². The summed E-state index contributed by atoms with van der Waals surface area (Å²) in [5, 5.41) is 0.609. The molecule has 0 aliphatic heterocycles. The molecule has 0 bridgehead atoms. The maximum Gasteiger partial charge on any atom is 0.260 e. The topological polar surface area (TPSA) is 83.1 Å². The Morgan fingerprint density at radius 1 is 0.900 bits per heavy atom. The molecule has 0 unspecified atom stereocenters. The highest BCUT2D eigenvalue weighted by Crippen LogP contribution is 2.32. The molecule has 0 N–H and O–H groups in total. The largest absolute Gasteiger partial charge is 0.497 e. The van der Waals surface area contributed by atoms with E-state index in [4.69, 9.17) is 9.72 Å². The highest BCUT2D eigenvalue weighted by molar-refractivity contribution is 7.89. The van der Waals surface area contributed by atoms with Crippen molar-refractivity contribution in [2.24, 2.45) is 0 Å². The van der Waals surface area contributed by atoms with Gasteiger partial charge in [0.2, 0.25) is 10.0 Å². The van der Waals surface area contributed by atoms with Gasteiger partial charge in [-0.25, -0.2) is 13.4 Å². The fourth-order valence-corrected chi connectivity index (χ4v) is 6.79. The minimum absolute atomic E-state index is 0. The van der Waals surface area contributed by atoms with E-state index in [9.17, 15) is 13.2 Å². The van der Waals surface area contributed by atoms with Crippen LogP contribution in [0.4, 0.5) is 5.13 Å². The van der Waals surface area contributed by atoms with Crippen LogP contribution < -0.4 is 9.64 Å². The van der Waals surface area contributed by atoms with Crippen molar-refractivity contribution in [3.05, 3.63) is 48.0 Å². The molecule has 1 heterocycles. The van der Waals surface area contributed by atoms with Gasteiger partial charge in [-0.3, -0.25) is 9.69 Å². The molecule has 0 radical (unpaired) electrons. The summed E-state index contributed by atoms with van der Waals surface area (Å²) in [6, 6.07) is 12.0. The minimum atomic E-state index is -3.63. The van der Waals surface area contributed by atoms with Gasteiger partial charge in [0.25, 0.3) is 5.91 Å². The fourth-order valence-electron chi connectivity index (χ4n) is 4.30. The van der Waals surface area contributed by atoms with Crippen LogP contribution in [0, 0.1) is 0 Å². The van der Waals surface area contributed by atoms with Crippen LogP contribution in [0.5, 0.6) is 5.75 Å². The lowest BCUT2D eigenvalue weighted by Gasteiger charge is -2.25. The van der Waals surface area contributed by atoms with Crippen molar-refractivity contribution in [1.82, 2.24) is 14.2 Å². The number of hydrogen-bond acceptors (Lipinski definition) is 7. The van der Waals surface area contributed by atoms with E-state index < -0.39 is 10.0 Å². The first-order valence-corrected chi connectivity index (χ1v) is 16.1. The Morgan fingerprint density at radius 2 is 1.52 bits per heavy atom. The van der Waals surface area contributed by atoms with Gasteiger partial charge in [-0.15, -0.1) is 12.4 Å². The number of ether oxygens (including phenoxy) is 1. The second-order valence-electron chi connectivity index (χ2n) is 9.45. The Balaban J connectivity index is 0.00000560. The maximum atomic E-state index is 13.8. The van der Waals surface area contributed by atoms with E-state index >= 15 is 0 Å². The third-order valence-corrected chi connectivity index (χ3v) is 9.83. The molecule has 1 amide bonds. The Kier molecular flexibility index (Phi) is 13.8. The summed E-state index contributed by atoms with van der Waals surface area (Å²) in [5.74, 6) is 0.509. The zero-order valence-electron chi connectivity index (χ0n) is 24.3. The first-order valence-electron chi connectivity index (χ1n) is 13.9. The molecule has 222 valence electrons. The van der Waals surface area contributed by atoms with Gasteiger partial charge in [-0.05, 0) is 62.3 Å². The van der Waals surface area contributed by atoms with Gasteiger partial charge in [0, 0.05) is 37.8 Å². The number of rotatable bonds is 16. The smallest absolute Gasteiger partial charge is 0.260 e. The second kappa shape index (κ2) is 16.3. The van der Waals surface area contributed by atoms with E-state index in [1.165, 1.54) is 11.3 Å². The standard InChI is InChI=1S/C29H42N4O4S2.ClH/c1-6-10-18-32(19-11-7-2)39(35,36)25-15-12-23(13-16-25)28(34)33(21-20-31(8-3)9-4)29-30-26-22-24(37-5)14-17-27(26)38-29;/h12-17,22H,6-11,18-21H2,1-5H3;1H. The Bertz CT molecular complexity index is 1300. The Hall–Kier alpha value is -2.24. The number of carbonyl (C=O) groups excluding carboxylic acids is 1. The number of likely N-dealkylation sites (N-methyl/N-ethyl adjacent to an activating group) is 1. The molecule has 3 rings (SSSR count). The number of fused-ring (bicyclic) bond motifs is 1. The van der Waals surface area contributed by atoms with Crippen LogP contribution in [-0.4, -0.2) is 74.9 Å². The molecule has 0 atom stereocenters. The second-order valence-corrected chi connectivity index (χ2v) is 12.4. The monoisotopic (exact) mass is 610 g/mol. The van der Waals surface area contributed by atoms with Crippen LogP contribution in [0.3, 0.4) is 0 Å². The zero-order chi connectivity index (χ0) is 28.4. The molecule has 8 nitrogen and oxygen atoms in total. The lowest BCUT2D eigenvalue weighted by Crippen LogP contribution is -2.39. The van der Waals surface area contributed by atoms with Gasteiger partial charge in [-0.2, -0.15) is 4.31 Å². The van der Waals surface area contributed by atoms with Crippen molar-refractivity contribution in [3.8, 4) is 5.75 Å². The summed E-state index contributed by atoms with van der Waals surface area (Å²) in [7, 11) is -2.02. The number of hydrogen-bond donors (Lipinski definition) is 0. The normalized spacial score (nSPS) is 11.7. The number of nitrogens with zero attached hydrogens (tertiary/aromatic N) is 4. The van der Waals surface area contributed by atoms with Crippen molar-refractivity contribution in [2.75, 3.05) is 51.3 Å². The van der Waals surface area contributed by atoms with Gasteiger partial charge in [0.1, 0.15) is 5.75 Å². The molecule has 0 saturated carbocycles. The number of anilines is 1. The first kappa shape index (κ1) is 34.0. The van der Waals surface area contributed by atoms with E-state index in [0.29, 0.717) is 42.6 Å². The van der Waals surface area contributed by atoms with Crippen LogP contribution in [-0.2, 0) is 10.0 Å². The summed E-state index contributed by atoms with van der Waals surface area (Å²) in [6.07, 6.45) is 3.48. The highest BCUT2D eigenvalue weighted by atomic mass is 35.5. The van der Waals surface area contributed by atoms with Crippen LogP contribution in [0.2, 0.25) is 0 Å². The van der Waals surface area contributed by atoms with Gasteiger partial charge in [-0.1, -0.05) is 51.9 Å². The number of carbonyl (C=O) groups is 1. The lowest BCUT2D eigenvalue weighted by molar-refractivity contribution is 0.0983. The maximum absolute atomic E-state index is 13.8. The van der Waals surface area contributed by atoms with E-state index in [1.54, 1.807) is 40.6 Å². The molecule has 0 saturated heterocycles. The number of aromatic nitrogens is 1. The summed E-state index contributed by atoms with van der Waals surface area (Å²) in [6.45, 7) is 12.3. The van der Waals surface area contributed by atoms with Crippen LogP contribution in [0.1, 0.15) is 63.7 Å². The molecule has 0 fully saturated rings. The van der Waals surface area contributed by atoms with E-state index in [2.05, 4.69) is 32.6 Å². The van der Waals surface area contributed by atoms with Crippen LogP contribution in [0.15, 0.2) is 47.4 Å². The molecule has 0 aliphatic carbocycles. The average Bonchev–Trinajstić information content (AvgIpc) is 3.38. The van der Waals surface area contributed by atoms with Crippen molar-refractivity contribution in [1.29, 1.82) is 0 Å². The van der Waals surface area contributed by atoms with Gasteiger partial charge in [0.15, 0.2) is 5.13 Å². The predicted molar refractivity (Wildman–Crippen MR) is 168 cm³/mol. The number of benzene rings is 2. The minimum Gasteiger partial charge on any atom is -0.497 e. The van der Waals surface area contributed by atoms with Crippen molar-refractivity contribution in [3.63, 3.8) is 0 Å². The number of unbranched alkanes of at least 4 members (excludes halogenated alkanes) is 2. The molecular weight excluding hydrogens is 568 g/mol. The highest BCUT2D eigenvalue weighted by Gasteiger charge is 2.26. The van der Waals surface area contributed by atoms with E-state index in [-0.39, 0.29) is 23.2 Å². The number of thiazole rings is 1. The lowest BCUT2D eigenvalue weighted by atomic mass is 10.2. The molecular formula is C29H43ClN4O4S2. The van der Waals surface area contributed by atoms with Gasteiger partial charge < -0.3 is 9.64 Å². The third-order valence-electron chi connectivity index (χ3n) is 6.85. The average molecular weight is 611 g/mol. The molecule has 0 aliphatic rings. The number of methoxy groups -OCH3 is 1. The number of amides is 1. The van der Waals surface area contributed by atoms with Gasteiger partial charge in [0.05, 0.1) is 22.2 Å². The predicted octanol–water partition coefficient (Wildman–Crippen LogP) is 6.31. The zero-order valence-corrected chi connectivity index (χ0v) is 26.7. The number of halogens is 1. The molecule has 40 heavy (non-hydrogen) atoms. The molecule has 2 aromatic carbocycles. The summed E-state index contributed by atoms with van der Waals surface area (Å²) in [5.41, 5.74) is 1.20. The fraction of sp³-hybridized carbons (Fsp3) is 0.517. The van der Waals surface area contributed by atoms with Crippen LogP contribution >= 0.6 is 23.7 Å². The van der Waals surface area contributed by atoms with Gasteiger partial charge >= 0.3 is 0 Å². The van der Waals surface area contributed by atoms with Crippen LogP contribution in [0.25, 0.3) is 10.2 Å². The summed E-state index contributed by atoms with van der Waals surface area (Å²) < 4.78 is 34.6. The van der Waals surface area contributed by atoms with Crippen molar-refractivity contribution < 1.29 is 17.9 Å². The third kappa shape index (κ3) is 8.39. The Labute approximate surface area is 249 Å². The summed E-state index contributed by atoms with van der Waals surface area (Å²) >= 11 is 1.46. The first-order chi connectivity index (χ1) is 18.8. The molecule has 3 aromatic rings. The SMILES string of the molecule is CCCCN(CCCC)S(=O)(=O)c1ccc(C(=O)N(CCN(CC)CC)c2nc3cc(OC)ccc3s2)cc1.Cl. The summed E-state index contributed by atoms with van der Waals surface area (Å²) in [4.78, 5) is 22.7. The Morgan fingerprint density at radius 3 is 2.08 bits per heavy atom. The number of sulfonamides is 1. The molecule has 1 aromatic heterocycles. The molecule has 11 heteroatoms.